The molecule has 0 radical (unpaired) electrons. The van der Waals surface area contributed by atoms with E-state index in [1.165, 1.54) is 5.56 Å². The minimum Gasteiger partial charge on any atom is -0.490 e. The number of rotatable bonds is 6. The van der Waals surface area contributed by atoms with Crippen LogP contribution in [0.5, 0.6) is 5.75 Å². The summed E-state index contributed by atoms with van der Waals surface area (Å²) >= 11 is 0. The number of para-hydroxylation sites is 1. The molecule has 0 aliphatic heterocycles. The van der Waals surface area contributed by atoms with Gasteiger partial charge in [0.05, 0.1) is 12.2 Å². The molecule has 0 saturated carbocycles. The van der Waals surface area contributed by atoms with Crippen LogP contribution in [-0.4, -0.2) is 26.2 Å². The van der Waals surface area contributed by atoms with Crippen molar-refractivity contribution in [2.75, 3.05) is 25.6 Å². The number of carbonyl (C=O) groups is 1. The van der Waals surface area contributed by atoms with Gasteiger partial charge in [0.1, 0.15) is 12.4 Å². The lowest BCUT2D eigenvalue weighted by molar-refractivity contribution is 0.101. The van der Waals surface area contributed by atoms with Gasteiger partial charge >= 0.3 is 0 Å². The number of hydrogen-bond acceptors (Lipinski definition) is 3. The molecule has 1 amide bonds. The zero-order chi connectivity index (χ0) is 15.9. The lowest BCUT2D eigenvalue weighted by Gasteiger charge is -2.13. The van der Waals surface area contributed by atoms with Gasteiger partial charge in [-0.05, 0) is 37.6 Å². The van der Waals surface area contributed by atoms with Gasteiger partial charge in [-0.1, -0.05) is 29.8 Å². The third kappa shape index (κ3) is 4.09. The van der Waals surface area contributed by atoms with Crippen LogP contribution >= 0.6 is 0 Å². The lowest BCUT2D eigenvalue weighted by atomic mass is 10.1. The summed E-state index contributed by atoms with van der Waals surface area (Å²) in [5.41, 5.74) is 3.52. The van der Waals surface area contributed by atoms with Crippen molar-refractivity contribution < 1.29 is 14.3 Å². The Morgan fingerprint density at radius 2 is 1.86 bits per heavy atom. The standard InChI is InChI=1S/C18H21NO3/c1-13-8-9-16(14(2)12-13)19-18(20)15-6-4-5-7-17(15)22-11-10-21-3/h4-9,12H,10-11H2,1-3H3,(H,19,20). The van der Waals surface area contributed by atoms with Crippen LogP contribution in [0.3, 0.4) is 0 Å². The molecule has 2 aromatic rings. The number of ether oxygens (including phenoxy) is 2. The molecular formula is C18H21NO3. The van der Waals surface area contributed by atoms with Crippen LogP contribution in [0.1, 0.15) is 21.5 Å². The van der Waals surface area contributed by atoms with E-state index in [0.717, 1.165) is 11.3 Å². The average molecular weight is 299 g/mol. The van der Waals surface area contributed by atoms with E-state index in [2.05, 4.69) is 5.32 Å². The van der Waals surface area contributed by atoms with Gasteiger partial charge in [-0.25, -0.2) is 0 Å². The normalized spacial score (nSPS) is 10.3. The SMILES string of the molecule is COCCOc1ccccc1C(=O)Nc1ccc(C)cc1C. The highest BCUT2D eigenvalue weighted by Gasteiger charge is 2.13. The van der Waals surface area contributed by atoms with Crippen LogP contribution in [0.15, 0.2) is 42.5 Å². The predicted molar refractivity (Wildman–Crippen MR) is 87.7 cm³/mol. The van der Waals surface area contributed by atoms with Crippen LogP contribution in [0.2, 0.25) is 0 Å². The largest absolute Gasteiger partial charge is 0.490 e. The molecule has 0 spiro atoms. The van der Waals surface area contributed by atoms with E-state index in [4.69, 9.17) is 9.47 Å². The second-order valence-electron chi connectivity index (χ2n) is 5.11. The van der Waals surface area contributed by atoms with Gasteiger partial charge < -0.3 is 14.8 Å². The maximum Gasteiger partial charge on any atom is 0.259 e. The Kier molecular flexibility index (Phi) is 5.55. The van der Waals surface area contributed by atoms with Gasteiger partial charge in [0.25, 0.3) is 5.91 Å². The first-order chi connectivity index (χ1) is 10.6. The lowest BCUT2D eigenvalue weighted by Crippen LogP contribution is -2.15. The second kappa shape index (κ2) is 7.61. The Bertz CT molecular complexity index is 653. The highest BCUT2D eigenvalue weighted by molar-refractivity contribution is 6.06. The Labute approximate surface area is 131 Å². The molecule has 0 atom stereocenters. The van der Waals surface area contributed by atoms with E-state index in [1.807, 2.05) is 44.2 Å². The van der Waals surface area contributed by atoms with E-state index >= 15 is 0 Å². The number of benzene rings is 2. The number of carbonyl (C=O) groups excluding carboxylic acids is 1. The Morgan fingerprint density at radius 3 is 2.59 bits per heavy atom. The van der Waals surface area contributed by atoms with Gasteiger partial charge in [0, 0.05) is 12.8 Å². The third-order valence-corrected chi connectivity index (χ3v) is 3.31. The van der Waals surface area contributed by atoms with Crippen LogP contribution in [0, 0.1) is 13.8 Å². The molecule has 2 aromatic carbocycles. The third-order valence-electron chi connectivity index (χ3n) is 3.31. The van der Waals surface area contributed by atoms with Crippen LogP contribution < -0.4 is 10.1 Å². The van der Waals surface area contributed by atoms with Crippen molar-refractivity contribution in [3.8, 4) is 5.75 Å². The summed E-state index contributed by atoms with van der Waals surface area (Å²) < 4.78 is 10.6. The molecule has 22 heavy (non-hydrogen) atoms. The Balaban J connectivity index is 2.15. The minimum atomic E-state index is -0.181. The smallest absolute Gasteiger partial charge is 0.259 e. The van der Waals surface area contributed by atoms with E-state index in [1.54, 1.807) is 19.2 Å². The monoisotopic (exact) mass is 299 g/mol. The predicted octanol–water partition coefficient (Wildman–Crippen LogP) is 3.58. The van der Waals surface area contributed by atoms with E-state index in [9.17, 15) is 4.79 Å². The highest BCUT2D eigenvalue weighted by atomic mass is 16.5. The minimum absolute atomic E-state index is 0.181. The maximum atomic E-state index is 12.5. The van der Waals surface area contributed by atoms with Crippen LogP contribution in [0.25, 0.3) is 0 Å². The fraction of sp³-hybridized carbons (Fsp3) is 0.278. The van der Waals surface area contributed by atoms with Gasteiger partial charge in [-0.15, -0.1) is 0 Å². The van der Waals surface area contributed by atoms with Gasteiger partial charge in [0.15, 0.2) is 0 Å². The number of nitrogens with one attached hydrogen (secondary N) is 1. The van der Waals surface area contributed by atoms with Crippen LogP contribution in [0.4, 0.5) is 5.69 Å². The molecule has 4 nitrogen and oxygen atoms in total. The molecule has 116 valence electrons. The Hall–Kier alpha value is -2.33. The average Bonchev–Trinajstić information content (AvgIpc) is 2.51. The summed E-state index contributed by atoms with van der Waals surface area (Å²) in [6, 6.07) is 13.1. The molecule has 0 aliphatic rings. The fourth-order valence-electron chi connectivity index (χ4n) is 2.16. The fourth-order valence-corrected chi connectivity index (χ4v) is 2.16. The zero-order valence-corrected chi connectivity index (χ0v) is 13.2. The van der Waals surface area contributed by atoms with E-state index in [0.29, 0.717) is 24.5 Å². The number of methoxy groups -OCH3 is 1. The van der Waals surface area contributed by atoms with Gasteiger partial charge in [-0.2, -0.15) is 0 Å². The van der Waals surface area contributed by atoms with Crippen molar-refractivity contribution in [1.82, 2.24) is 0 Å². The van der Waals surface area contributed by atoms with Crippen molar-refractivity contribution in [2.24, 2.45) is 0 Å². The molecule has 0 fully saturated rings. The number of hydrogen-bond donors (Lipinski definition) is 1. The summed E-state index contributed by atoms with van der Waals surface area (Å²) in [6.07, 6.45) is 0. The number of anilines is 1. The van der Waals surface area contributed by atoms with Crippen molar-refractivity contribution in [2.45, 2.75) is 13.8 Å². The molecule has 0 heterocycles. The summed E-state index contributed by atoms with van der Waals surface area (Å²) in [4.78, 5) is 12.5. The molecule has 0 aromatic heterocycles. The van der Waals surface area contributed by atoms with Crippen molar-refractivity contribution in [3.05, 3.63) is 59.2 Å². The quantitative estimate of drug-likeness (QED) is 0.829. The first-order valence-electron chi connectivity index (χ1n) is 7.21. The second-order valence-corrected chi connectivity index (χ2v) is 5.11. The summed E-state index contributed by atoms with van der Waals surface area (Å²) in [5.74, 6) is 0.377. The van der Waals surface area contributed by atoms with Crippen molar-refractivity contribution in [1.29, 1.82) is 0 Å². The first-order valence-corrected chi connectivity index (χ1v) is 7.21. The molecule has 0 saturated heterocycles. The van der Waals surface area contributed by atoms with Crippen LogP contribution in [-0.2, 0) is 4.74 Å². The Morgan fingerprint density at radius 1 is 1.09 bits per heavy atom. The molecule has 0 aliphatic carbocycles. The molecule has 1 N–H and O–H groups in total. The van der Waals surface area contributed by atoms with Crippen molar-refractivity contribution >= 4 is 11.6 Å². The molecule has 0 unspecified atom stereocenters. The van der Waals surface area contributed by atoms with E-state index in [-0.39, 0.29) is 5.91 Å². The summed E-state index contributed by atoms with van der Waals surface area (Å²) in [5, 5.41) is 2.93. The highest BCUT2D eigenvalue weighted by Crippen LogP contribution is 2.21. The molecule has 2 rings (SSSR count). The van der Waals surface area contributed by atoms with Crippen molar-refractivity contribution in [3.63, 3.8) is 0 Å². The molecule has 0 bridgehead atoms. The van der Waals surface area contributed by atoms with E-state index < -0.39 is 0 Å². The van der Waals surface area contributed by atoms with Gasteiger partial charge in [-0.3, -0.25) is 4.79 Å². The molecular weight excluding hydrogens is 278 g/mol. The first kappa shape index (κ1) is 16.0. The summed E-state index contributed by atoms with van der Waals surface area (Å²) in [7, 11) is 1.61. The zero-order valence-electron chi connectivity index (χ0n) is 13.2. The number of aryl methyl sites for hydroxylation is 2. The summed E-state index contributed by atoms with van der Waals surface area (Å²) in [6.45, 7) is 4.89. The molecule has 4 heteroatoms. The number of amides is 1. The van der Waals surface area contributed by atoms with Gasteiger partial charge in [0.2, 0.25) is 0 Å². The maximum absolute atomic E-state index is 12.5. The topological polar surface area (TPSA) is 47.6 Å².